The summed E-state index contributed by atoms with van der Waals surface area (Å²) in [4.78, 5) is 25.9. The molecule has 1 atom stereocenters. The summed E-state index contributed by atoms with van der Waals surface area (Å²) >= 11 is 0. The van der Waals surface area contributed by atoms with Crippen LogP contribution in [0.4, 0.5) is 4.39 Å². The van der Waals surface area contributed by atoms with Crippen LogP contribution < -0.4 is 5.32 Å². The molecule has 0 aromatic heterocycles. The fourth-order valence-corrected chi connectivity index (χ4v) is 2.15. The van der Waals surface area contributed by atoms with Crippen molar-refractivity contribution < 1.29 is 18.7 Å². The molecular weight excluding hydrogens is 299 g/mol. The maximum Gasteiger partial charge on any atom is 0.242 e. The number of ether oxygens (including phenoxy) is 1. The van der Waals surface area contributed by atoms with Crippen LogP contribution >= 0.6 is 0 Å². The van der Waals surface area contributed by atoms with Crippen molar-refractivity contribution in [3.8, 4) is 0 Å². The predicted octanol–water partition coefficient (Wildman–Crippen LogP) is 2.11. The molecule has 0 bridgehead atoms. The summed E-state index contributed by atoms with van der Waals surface area (Å²) in [5, 5.41) is 2.80. The standard InChI is InChI=1S/C17H25FN2O3/c1-4-16(21)20(12-14-6-8-15(18)9-7-14)13(2)17(22)19-10-5-11-23-3/h6-9,13H,4-5,10-12H2,1-3H3,(H,19,22)/t13-/m1/s1. The van der Waals surface area contributed by atoms with Crippen molar-refractivity contribution in [3.63, 3.8) is 0 Å². The van der Waals surface area contributed by atoms with E-state index in [1.807, 2.05) is 0 Å². The largest absolute Gasteiger partial charge is 0.385 e. The van der Waals surface area contributed by atoms with Gasteiger partial charge < -0.3 is 15.0 Å². The summed E-state index contributed by atoms with van der Waals surface area (Å²) < 4.78 is 17.9. The molecule has 0 aliphatic rings. The van der Waals surface area contributed by atoms with Crippen molar-refractivity contribution >= 4 is 11.8 Å². The van der Waals surface area contributed by atoms with E-state index in [1.54, 1.807) is 33.1 Å². The van der Waals surface area contributed by atoms with Gasteiger partial charge in [-0.3, -0.25) is 9.59 Å². The highest BCUT2D eigenvalue weighted by Gasteiger charge is 2.24. The van der Waals surface area contributed by atoms with Crippen LogP contribution in [0.15, 0.2) is 24.3 Å². The van der Waals surface area contributed by atoms with Crippen LogP contribution in [0.2, 0.25) is 0 Å². The Morgan fingerprint density at radius 3 is 2.52 bits per heavy atom. The minimum absolute atomic E-state index is 0.117. The predicted molar refractivity (Wildman–Crippen MR) is 86.2 cm³/mol. The molecule has 6 heteroatoms. The second kappa shape index (κ2) is 9.94. The van der Waals surface area contributed by atoms with Crippen molar-refractivity contribution in [3.05, 3.63) is 35.6 Å². The molecule has 0 spiro atoms. The number of carbonyl (C=O) groups excluding carboxylic acids is 2. The zero-order chi connectivity index (χ0) is 17.2. The molecule has 128 valence electrons. The zero-order valence-electron chi connectivity index (χ0n) is 14.0. The Balaban J connectivity index is 2.70. The van der Waals surface area contributed by atoms with Crippen molar-refractivity contribution in [2.45, 2.75) is 39.3 Å². The van der Waals surface area contributed by atoms with Crippen LogP contribution in [0.25, 0.3) is 0 Å². The van der Waals surface area contributed by atoms with Gasteiger partial charge >= 0.3 is 0 Å². The van der Waals surface area contributed by atoms with E-state index < -0.39 is 6.04 Å². The van der Waals surface area contributed by atoms with E-state index in [0.717, 1.165) is 5.56 Å². The number of benzene rings is 1. The highest BCUT2D eigenvalue weighted by atomic mass is 19.1. The zero-order valence-corrected chi connectivity index (χ0v) is 14.0. The minimum atomic E-state index is -0.588. The SMILES string of the molecule is CCC(=O)N(Cc1ccc(F)cc1)[C@H](C)C(=O)NCCCOC. The number of rotatable bonds is 9. The molecule has 1 aromatic carbocycles. The molecule has 23 heavy (non-hydrogen) atoms. The first-order valence-corrected chi connectivity index (χ1v) is 7.80. The van der Waals surface area contributed by atoms with E-state index in [1.165, 1.54) is 17.0 Å². The first-order valence-electron chi connectivity index (χ1n) is 7.80. The quantitative estimate of drug-likeness (QED) is 0.708. The molecule has 1 rings (SSSR count). The molecule has 0 heterocycles. The van der Waals surface area contributed by atoms with E-state index in [0.29, 0.717) is 26.0 Å². The smallest absolute Gasteiger partial charge is 0.242 e. The fourth-order valence-electron chi connectivity index (χ4n) is 2.15. The Morgan fingerprint density at radius 1 is 1.30 bits per heavy atom. The first-order chi connectivity index (χ1) is 11.0. The maximum atomic E-state index is 13.0. The summed E-state index contributed by atoms with van der Waals surface area (Å²) in [6, 6.07) is 5.34. The molecule has 1 N–H and O–H groups in total. The summed E-state index contributed by atoms with van der Waals surface area (Å²) in [6.45, 7) is 4.80. The van der Waals surface area contributed by atoms with Crippen LogP contribution in [0.1, 0.15) is 32.3 Å². The number of methoxy groups -OCH3 is 1. The molecule has 1 aromatic rings. The topological polar surface area (TPSA) is 58.6 Å². The van der Waals surface area contributed by atoms with Gasteiger partial charge in [0.2, 0.25) is 11.8 Å². The van der Waals surface area contributed by atoms with Crippen LogP contribution in [-0.4, -0.2) is 43.0 Å². The highest BCUT2D eigenvalue weighted by molar-refractivity contribution is 5.87. The van der Waals surface area contributed by atoms with Crippen LogP contribution in [-0.2, 0) is 20.9 Å². The van der Waals surface area contributed by atoms with E-state index in [9.17, 15) is 14.0 Å². The normalized spacial score (nSPS) is 11.8. The van der Waals surface area contributed by atoms with Gasteiger partial charge in [0.15, 0.2) is 0 Å². The maximum absolute atomic E-state index is 13.0. The number of carbonyl (C=O) groups is 2. The third-order valence-corrected chi connectivity index (χ3v) is 3.56. The van der Waals surface area contributed by atoms with Gasteiger partial charge in [0.1, 0.15) is 11.9 Å². The van der Waals surface area contributed by atoms with Crippen molar-refractivity contribution in [1.82, 2.24) is 10.2 Å². The molecule has 0 unspecified atom stereocenters. The van der Waals surface area contributed by atoms with Crippen LogP contribution in [0.3, 0.4) is 0 Å². The number of hydrogen-bond donors (Lipinski definition) is 1. The lowest BCUT2D eigenvalue weighted by Gasteiger charge is -2.28. The molecule has 0 saturated heterocycles. The summed E-state index contributed by atoms with van der Waals surface area (Å²) in [6.07, 6.45) is 1.02. The Bertz CT molecular complexity index is 505. The van der Waals surface area contributed by atoms with Gasteiger partial charge in [0.25, 0.3) is 0 Å². The molecule has 0 radical (unpaired) electrons. The number of nitrogens with zero attached hydrogens (tertiary/aromatic N) is 1. The molecule has 0 saturated carbocycles. The molecule has 0 aliphatic heterocycles. The summed E-state index contributed by atoms with van der Waals surface area (Å²) in [7, 11) is 1.61. The average Bonchev–Trinajstić information content (AvgIpc) is 2.56. The van der Waals surface area contributed by atoms with Gasteiger partial charge in [-0.25, -0.2) is 4.39 Å². The minimum Gasteiger partial charge on any atom is -0.385 e. The number of halogens is 1. The van der Waals surface area contributed by atoms with Crippen molar-refractivity contribution in [2.75, 3.05) is 20.3 Å². The van der Waals surface area contributed by atoms with E-state index in [-0.39, 0.29) is 24.2 Å². The summed E-state index contributed by atoms with van der Waals surface area (Å²) in [5.41, 5.74) is 0.784. The molecule has 5 nitrogen and oxygen atoms in total. The molecule has 0 fully saturated rings. The number of nitrogens with one attached hydrogen (secondary N) is 1. The first kappa shape index (κ1) is 19.1. The van der Waals surface area contributed by atoms with Crippen molar-refractivity contribution in [2.24, 2.45) is 0 Å². The average molecular weight is 324 g/mol. The Kier molecular flexibility index (Phi) is 8.26. The monoisotopic (exact) mass is 324 g/mol. The van der Waals surface area contributed by atoms with Gasteiger partial charge in [-0.2, -0.15) is 0 Å². The van der Waals surface area contributed by atoms with E-state index in [2.05, 4.69) is 5.32 Å². The van der Waals surface area contributed by atoms with Gasteiger partial charge in [0, 0.05) is 33.2 Å². The van der Waals surface area contributed by atoms with E-state index in [4.69, 9.17) is 4.74 Å². The Morgan fingerprint density at radius 2 is 1.96 bits per heavy atom. The Labute approximate surface area is 136 Å². The molecule has 2 amide bonds. The summed E-state index contributed by atoms with van der Waals surface area (Å²) in [5.74, 6) is -0.648. The molecular formula is C17H25FN2O3. The second-order valence-electron chi connectivity index (χ2n) is 5.32. The third-order valence-electron chi connectivity index (χ3n) is 3.56. The molecule has 0 aliphatic carbocycles. The van der Waals surface area contributed by atoms with E-state index >= 15 is 0 Å². The lowest BCUT2D eigenvalue weighted by atomic mass is 10.1. The number of amides is 2. The van der Waals surface area contributed by atoms with Gasteiger partial charge in [-0.1, -0.05) is 19.1 Å². The third kappa shape index (κ3) is 6.36. The van der Waals surface area contributed by atoms with Crippen LogP contribution in [0, 0.1) is 5.82 Å². The van der Waals surface area contributed by atoms with Gasteiger partial charge in [0.05, 0.1) is 0 Å². The van der Waals surface area contributed by atoms with Crippen molar-refractivity contribution in [1.29, 1.82) is 0 Å². The van der Waals surface area contributed by atoms with Crippen LogP contribution in [0.5, 0.6) is 0 Å². The lowest BCUT2D eigenvalue weighted by Crippen LogP contribution is -2.47. The van der Waals surface area contributed by atoms with Gasteiger partial charge in [-0.05, 0) is 31.0 Å². The number of hydrogen-bond acceptors (Lipinski definition) is 3. The highest BCUT2D eigenvalue weighted by Crippen LogP contribution is 2.11. The lowest BCUT2D eigenvalue weighted by molar-refractivity contribution is -0.140. The second-order valence-corrected chi connectivity index (χ2v) is 5.32. The Hall–Kier alpha value is -1.95. The van der Waals surface area contributed by atoms with Gasteiger partial charge in [-0.15, -0.1) is 0 Å². The fraction of sp³-hybridized carbons (Fsp3) is 0.529.